The highest BCUT2D eigenvalue weighted by Crippen LogP contribution is 2.29. The molecule has 4 rings (SSSR count). The minimum Gasteiger partial charge on any atom is -0.496 e. The van der Waals surface area contributed by atoms with Crippen LogP contribution >= 0.6 is 11.3 Å². The highest BCUT2D eigenvalue weighted by atomic mass is 32.1. The van der Waals surface area contributed by atoms with Crippen LogP contribution in [0.4, 0.5) is 0 Å². The van der Waals surface area contributed by atoms with Crippen LogP contribution in [-0.4, -0.2) is 21.7 Å². The molecule has 0 aliphatic heterocycles. The third-order valence-electron chi connectivity index (χ3n) is 3.93. The second-order valence-electron chi connectivity index (χ2n) is 5.64. The van der Waals surface area contributed by atoms with E-state index in [1.54, 1.807) is 13.2 Å². The summed E-state index contributed by atoms with van der Waals surface area (Å²) in [5.41, 5.74) is 2.74. The molecule has 0 radical (unpaired) electrons. The Morgan fingerprint density at radius 3 is 2.60 bits per heavy atom. The van der Waals surface area contributed by atoms with Crippen LogP contribution in [0.1, 0.15) is 5.56 Å². The van der Waals surface area contributed by atoms with Gasteiger partial charge in [-0.25, -0.2) is 0 Å². The predicted molar refractivity (Wildman–Crippen MR) is 99.3 cm³/mol. The molecule has 5 nitrogen and oxygen atoms in total. The van der Waals surface area contributed by atoms with Crippen LogP contribution in [0.3, 0.4) is 0 Å². The zero-order chi connectivity index (χ0) is 17.4. The van der Waals surface area contributed by atoms with Gasteiger partial charge in [-0.2, -0.15) is 9.50 Å². The Bertz CT molecular complexity index is 1110. The lowest BCUT2D eigenvalue weighted by Crippen LogP contribution is -2.11. The summed E-state index contributed by atoms with van der Waals surface area (Å²) < 4.78 is 6.70. The normalized spacial score (nSPS) is 11.0. The summed E-state index contributed by atoms with van der Waals surface area (Å²) in [4.78, 5) is 18.5. The zero-order valence-electron chi connectivity index (χ0n) is 13.8. The van der Waals surface area contributed by atoms with Gasteiger partial charge in [0.05, 0.1) is 12.7 Å². The maximum absolute atomic E-state index is 12.5. The number of aryl methyl sites for hydroxylation is 1. The minimum absolute atomic E-state index is 0.196. The number of hydrogen-bond donors (Lipinski definition) is 0. The molecule has 4 aromatic rings. The van der Waals surface area contributed by atoms with Crippen molar-refractivity contribution >= 4 is 16.3 Å². The molecule has 0 spiro atoms. The predicted octanol–water partition coefficient (Wildman–Crippen LogP) is 3.80. The number of para-hydroxylation sites is 1. The van der Waals surface area contributed by atoms with Crippen LogP contribution in [-0.2, 0) is 0 Å². The Morgan fingerprint density at radius 2 is 1.84 bits per heavy atom. The number of hydrogen-bond acceptors (Lipinski definition) is 5. The smallest absolute Gasteiger partial charge is 0.275 e. The van der Waals surface area contributed by atoms with Crippen molar-refractivity contribution in [3.63, 3.8) is 0 Å². The fourth-order valence-electron chi connectivity index (χ4n) is 2.61. The number of methoxy groups -OCH3 is 1. The minimum atomic E-state index is -0.196. The zero-order valence-corrected chi connectivity index (χ0v) is 14.6. The number of fused-ring (bicyclic) bond motifs is 1. The Morgan fingerprint density at radius 1 is 1.08 bits per heavy atom. The molecule has 124 valence electrons. The Labute approximate surface area is 148 Å². The fourth-order valence-corrected chi connectivity index (χ4v) is 3.57. The van der Waals surface area contributed by atoms with E-state index in [1.165, 1.54) is 21.4 Å². The Balaban J connectivity index is 1.87. The topological polar surface area (TPSA) is 56.5 Å². The van der Waals surface area contributed by atoms with E-state index in [0.29, 0.717) is 16.5 Å². The standard InChI is InChI=1S/C19H15N3O2S/c1-12-7-9-13(10-8-12)16-11-17(23)22-19(25-16)20-18(21-22)14-5-3-4-6-15(14)24-2/h3-11H,1-2H3. The monoisotopic (exact) mass is 349 g/mol. The van der Waals surface area contributed by atoms with Crippen molar-refractivity contribution in [2.75, 3.05) is 7.11 Å². The van der Waals surface area contributed by atoms with Gasteiger partial charge in [0.25, 0.3) is 5.56 Å². The van der Waals surface area contributed by atoms with E-state index in [-0.39, 0.29) is 5.56 Å². The SMILES string of the molecule is COc1ccccc1-c1nc2sc(-c3ccc(C)cc3)cc(=O)n2n1. The van der Waals surface area contributed by atoms with Crippen molar-refractivity contribution in [1.82, 2.24) is 14.6 Å². The van der Waals surface area contributed by atoms with Crippen molar-refractivity contribution in [3.8, 4) is 27.6 Å². The number of benzene rings is 2. The van der Waals surface area contributed by atoms with Crippen molar-refractivity contribution in [2.24, 2.45) is 0 Å². The maximum Gasteiger partial charge on any atom is 0.275 e. The van der Waals surface area contributed by atoms with E-state index in [4.69, 9.17) is 4.74 Å². The van der Waals surface area contributed by atoms with Crippen LogP contribution < -0.4 is 10.3 Å². The van der Waals surface area contributed by atoms with Gasteiger partial charge in [0.15, 0.2) is 5.82 Å². The van der Waals surface area contributed by atoms with Gasteiger partial charge in [0.1, 0.15) is 5.75 Å². The molecule has 6 heteroatoms. The van der Waals surface area contributed by atoms with E-state index in [2.05, 4.69) is 10.1 Å². The lowest BCUT2D eigenvalue weighted by Gasteiger charge is -2.03. The molecule has 0 aliphatic rings. The molecule has 0 atom stereocenters. The van der Waals surface area contributed by atoms with Gasteiger partial charge in [-0.05, 0) is 24.6 Å². The van der Waals surface area contributed by atoms with Crippen molar-refractivity contribution in [3.05, 3.63) is 70.5 Å². The van der Waals surface area contributed by atoms with E-state index in [1.807, 2.05) is 55.5 Å². The van der Waals surface area contributed by atoms with Crippen molar-refractivity contribution in [1.29, 1.82) is 0 Å². The summed E-state index contributed by atoms with van der Waals surface area (Å²) in [6, 6.07) is 17.2. The second-order valence-corrected chi connectivity index (χ2v) is 6.65. The molecule has 2 aromatic heterocycles. The quantitative estimate of drug-likeness (QED) is 0.564. The van der Waals surface area contributed by atoms with Crippen LogP contribution in [0.2, 0.25) is 0 Å². The van der Waals surface area contributed by atoms with Crippen molar-refractivity contribution in [2.45, 2.75) is 6.92 Å². The molecule has 25 heavy (non-hydrogen) atoms. The molecule has 0 saturated carbocycles. The van der Waals surface area contributed by atoms with Gasteiger partial charge in [-0.15, -0.1) is 5.10 Å². The van der Waals surface area contributed by atoms with Crippen LogP contribution in [0.25, 0.3) is 26.8 Å². The van der Waals surface area contributed by atoms with Crippen LogP contribution in [0.15, 0.2) is 59.4 Å². The highest BCUT2D eigenvalue weighted by molar-refractivity contribution is 7.19. The Kier molecular flexibility index (Phi) is 3.82. The highest BCUT2D eigenvalue weighted by Gasteiger charge is 2.14. The third-order valence-corrected chi connectivity index (χ3v) is 4.95. The second kappa shape index (κ2) is 6.14. The molecule has 2 aromatic carbocycles. The molecule has 0 saturated heterocycles. The summed E-state index contributed by atoms with van der Waals surface area (Å²) in [6.45, 7) is 2.04. The fraction of sp³-hybridized carbons (Fsp3) is 0.105. The number of nitrogens with zero attached hydrogens (tertiary/aromatic N) is 3. The molecular formula is C19H15N3O2S. The summed E-state index contributed by atoms with van der Waals surface area (Å²) >= 11 is 1.44. The average Bonchev–Trinajstić information content (AvgIpc) is 3.07. The first-order valence-corrected chi connectivity index (χ1v) is 8.59. The average molecular weight is 349 g/mol. The van der Waals surface area contributed by atoms with Crippen LogP contribution in [0.5, 0.6) is 5.75 Å². The van der Waals surface area contributed by atoms with Gasteiger partial charge in [-0.3, -0.25) is 4.79 Å². The van der Waals surface area contributed by atoms with Crippen LogP contribution in [0, 0.1) is 6.92 Å². The molecule has 0 amide bonds. The summed E-state index contributed by atoms with van der Waals surface area (Å²) in [7, 11) is 1.60. The number of ether oxygens (including phenoxy) is 1. The third kappa shape index (κ3) is 2.81. The van der Waals surface area contributed by atoms with Gasteiger partial charge < -0.3 is 4.74 Å². The molecular weight excluding hydrogens is 334 g/mol. The van der Waals surface area contributed by atoms with Crippen molar-refractivity contribution < 1.29 is 4.74 Å². The van der Waals surface area contributed by atoms with Gasteiger partial charge in [0, 0.05) is 10.9 Å². The summed E-state index contributed by atoms with van der Waals surface area (Å²) in [6.07, 6.45) is 0. The van der Waals surface area contributed by atoms with E-state index in [0.717, 1.165) is 16.0 Å². The van der Waals surface area contributed by atoms with E-state index < -0.39 is 0 Å². The van der Waals surface area contributed by atoms with E-state index >= 15 is 0 Å². The first kappa shape index (κ1) is 15.5. The molecule has 0 N–H and O–H groups in total. The number of rotatable bonds is 3. The van der Waals surface area contributed by atoms with E-state index in [9.17, 15) is 4.79 Å². The Hall–Kier alpha value is -2.99. The summed E-state index contributed by atoms with van der Waals surface area (Å²) in [5.74, 6) is 1.15. The lowest BCUT2D eigenvalue weighted by atomic mass is 10.1. The van der Waals surface area contributed by atoms with Gasteiger partial charge in [-0.1, -0.05) is 53.3 Å². The molecule has 0 bridgehead atoms. The maximum atomic E-state index is 12.5. The molecule has 2 heterocycles. The molecule has 0 fully saturated rings. The number of aromatic nitrogens is 3. The summed E-state index contributed by atoms with van der Waals surface area (Å²) in [5, 5.41) is 4.36. The lowest BCUT2D eigenvalue weighted by molar-refractivity contribution is 0.416. The largest absolute Gasteiger partial charge is 0.496 e. The van der Waals surface area contributed by atoms with Gasteiger partial charge >= 0.3 is 0 Å². The molecule has 0 aliphatic carbocycles. The first-order valence-electron chi connectivity index (χ1n) is 7.77. The first-order chi connectivity index (χ1) is 12.2. The van der Waals surface area contributed by atoms with Gasteiger partial charge in [0.2, 0.25) is 4.96 Å². The molecule has 0 unspecified atom stereocenters.